The summed E-state index contributed by atoms with van der Waals surface area (Å²) in [5.41, 5.74) is 1.18. The van der Waals surface area contributed by atoms with Crippen LogP contribution in [-0.4, -0.2) is 21.7 Å². The van der Waals surface area contributed by atoms with E-state index >= 15 is 0 Å². The summed E-state index contributed by atoms with van der Waals surface area (Å²) in [6.45, 7) is 3.43. The predicted octanol–water partition coefficient (Wildman–Crippen LogP) is 2.18. The van der Waals surface area contributed by atoms with Gasteiger partial charge in [0.15, 0.2) is 0 Å². The van der Waals surface area contributed by atoms with Gasteiger partial charge in [-0.2, -0.15) is 0 Å². The maximum absolute atomic E-state index is 11.6. The molecule has 1 heterocycles. The molecule has 1 saturated heterocycles. The van der Waals surface area contributed by atoms with Crippen molar-refractivity contribution in [1.82, 2.24) is 4.90 Å². The third-order valence-electron chi connectivity index (χ3n) is 2.44. The van der Waals surface area contributed by atoms with Crippen molar-refractivity contribution in [3.8, 4) is 0 Å². The molecule has 0 bridgehead atoms. The van der Waals surface area contributed by atoms with E-state index in [2.05, 4.69) is 15.9 Å². The number of alkyl halides is 1. The maximum Gasteiger partial charge on any atom is 0.241 e. The second kappa shape index (κ2) is 3.39. The first kappa shape index (κ1) is 9.71. The van der Waals surface area contributed by atoms with Gasteiger partial charge in [0.05, 0.1) is 0 Å². The van der Waals surface area contributed by atoms with E-state index in [4.69, 9.17) is 0 Å². The summed E-state index contributed by atoms with van der Waals surface area (Å²) in [4.78, 5) is 13.4. The average molecular weight is 254 g/mol. The number of likely N-dealkylation sites (tertiary alicyclic amines) is 1. The van der Waals surface area contributed by atoms with Gasteiger partial charge in [-0.25, -0.2) is 0 Å². The molecule has 1 aliphatic heterocycles. The summed E-state index contributed by atoms with van der Waals surface area (Å²) in [6, 6.07) is 10.0. The Morgan fingerprint density at radius 1 is 1.43 bits per heavy atom. The second-order valence-electron chi connectivity index (χ2n) is 3.84. The molecule has 1 fully saturated rings. The summed E-state index contributed by atoms with van der Waals surface area (Å²) in [5, 5.41) is 0. The fourth-order valence-corrected chi connectivity index (χ4v) is 2.22. The highest BCUT2D eigenvalue weighted by atomic mass is 79.9. The van der Waals surface area contributed by atoms with Crippen LogP contribution in [0.5, 0.6) is 0 Å². The number of rotatable bonds is 2. The van der Waals surface area contributed by atoms with Crippen LogP contribution < -0.4 is 0 Å². The van der Waals surface area contributed by atoms with Crippen LogP contribution >= 0.6 is 15.9 Å². The van der Waals surface area contributed by atoms with Gasteiger partial charge in [0.25, 0.3) is 0 Å². The van der Waals surface area contributed by atoms with Gasteiger partial charge in [-0.15, -0.1) is 0 Å². The predicted molar refractivity (Wildman–Crippen MR) is 59.2 cm³/mol. The lowest BCUT2D eigenvalue weighted by Crippen LogP contribution is -2.60. The maximum atomic E-state index is 11.6. The SMILES string of the molecule is CC1(Br)CN(Cc2ccccc2)C1=O. The van der Waals surface area contributed by atoms with Crippen molar-refractivity contribution >= 4 is 21.8 Å². The van der Waals surface area contributed by atoms with Crippen molar-refractivity contribution in [2.24, 2.45) is 0 Å². The van der Waals surface area contributed by atoms with Crippen LogP contribution in [0.4, 0.5) is 0 Å². The zero-order valence-electron chi connectivity index (χ0n) is 8.03. The standard InChI is InChI=1S/C11H12BrNO/c1-11(12)8-13(10(11)14)7-9-5-3-2-4-6-9/h2-6H,7-8H2,1H3. The number of carbonyl (C=O) groups is 1. The highest BCUT2D eigenvalue weighted by Gasteiger charge is 2.45. The van der Waals surface area contributed by atoms with Gasteiger partial charge < -0.3 is 4.90 Å². The van der Waals surface area contributed by atoms with E-state index in [0.717, 1.165) is 13.1 Å². The highest BCUT2D eigenvalue weighted by molar-refractivity contribution is 9.10. The smallest absolute Gasteiger partial charge is 0.241 e. The van der Waals surface area contributed by atoms with Crippen LogP contribution in [0, 0.1) is 0 Å². The van der Waals surface area contributed by atoms with E-state index < -0.39 is 0 Å². The van der Waals surface area contributed by atoms with Crippen molar-refractivity contribution < 1.29 is 4.79 Å². The van der Waals surface area contributed by atoms with E-state index in [1.165, 1.54) is 5.56 Å². The Bertz CT molecular complexity index is 348. The highest BCUT2D eigenvalue weighted by Crippen LogP contribution is 2.32. The van der Waals surface area contributed by atoms with Crippen LogP contribution in [0.2, 0.25) is 0 Å². The van der Waals surface area contributed by atoms with Gasteiger partial charge >= 0.3 is 0 Å². The van der Waals surface area contributed by atoms with E-state index in [-0.39, 0.29) is 10.2 Å². The number of benzene rings is 1. The number of amides is 1. The molecule has 1 aromatic carbocycles. The molecular weight excluding hydrogens is 242 g/mol. The zero-order chi connectivity index (χ0) is 10.2. The lowest BCUT2D eigenvalue weighted by molar-refractivity contribution is -0.144. The minimum absolute atomic E-state index is 0.182. The summed E-state index contributed by atoms with van der Waals surface area (Å²) in [7, 11) is 0. The van der Waals surface area contributed by atoms with Gasteiger partial charge in [0.2, 0.25) is 5.91 Å². The molecule has 2 nitrogen and oxygen atoms in total. The Balaban J connectivity index is 1.99. The van der Waals surface area contributed by atoms with Crippen molar-refractivity contribution in [3.63, 3.8) is 0 Å². The molecule has 1 amide bonds. The normalized spacial score (nSPS) is 26.1. The lowest BCUT2D eigenvalue weighted by Gasteiger charge is -2.43. The number of nitrogens with zero attached hydrogens (tertiary/aromatic N) is 1. The minimum Gasteiger partial charge on any atom is -0.335 e. The van der Waals surface area contributed by atoms with Crippen LogP contribution in [0.3, 0.4) is 0 Å². The molecule has 0 aromatic heterocycles. The minimum atomic E-state index is -0.318. The quantitative estimate of drug-likeness (QED) is 0.585. The van der Waals surface area contributed by atoms with Crippen LogP contribution in [0.15, 0.2) is 30.3 Å². The van der Waals surface area contributed by atoms with Crippen molar-refractivity contribution in [1.29, 1.82) is 0 Å². The van der Waals surface area contributed by atoms with Crippen molar-refractivity contribution in [2.75, 3.05) is 6.54 Å². The number of hydrogen-bond donors (Lipinski definition) is 0. The number of halogens is 1. The van der Waals surface area contributed by atoms with E-state index in [9.17, 15) is 4.79 Å². The van der Waals surface area contributed by atoms with Gasteiger partial charge in [-0.1, -0.05) is 46.3 Å². The largest absolute Gasteiger partial charge is 0.335 e. The molecule has 2 rings (SSSR count). The van der Waals surface area contributed by atoms with E-state index in [1.54, 1.807) is 0 Å². The molecule has 3 heteroatoms. The first-order chi connectivity index (χ1) is 6.59. The number of carbonyl (C=O) groups excluding carboxylic acids is 1. The van der Waals surface area contributed by atoms with Crippen LogP contribution in [-0.2, 0) is 11.3 Å². The molecule has 0 saturated carbocycles. The summed E-state index contributed by atoms with van der Waals surface area (Å²) in [5.74, 6) is 0.182. The van der Waals surface area contributed by atoms with Crippen LogP contribution in [0.25, 0.3) is 0 Å². The molecule has 0 spiro atoms. The lowest BCUT2D eigenvalue weighted by atomic mass is 10.00. The van der Waals surface area contributed by atoms with E-state index in [1.807, 2.05) is 42.2 Å². The Labute approximate surface area is 92.0 Å². The van der Waals surface area contributed by atoms with E-state index in [0.29, 0.717) is 0 Å². The molecular formula is C11H12BrNO. The van der Waals surface area contributed by atoms with Gasteiger partial charge in [-0.05, 0) is 12.5 Å². The first-order valence-corrected chi connectivity index (χ1v) is 5.41. The molecule has 0 aliphatic carbocycles. The molecule has 0 radical (unpaired) electrons. The van der Waals surface area contributed by atoms with Crippen molar-refractivity contribution in [3.05, 3.63) is 35.9 Å². The molecule has 1 aromatic rings. The fraction of sp³-hybridized carbons (Fsp3) is 0.364. The van der Waals surface area contributed by atoms with Gasteiger partial charge in [0, 0.05) is 13.1 Å². The Hall–Kier alpha value is -0.830. The van der Waals surface area contributed by atoms with Crippen molar-refractivity contribution in [2.45, 2.75) is 17.8 Å². The van der Waals surface area contributed by atoms with Crippen LogP contribution in [0.1, 0.15) is 12.5 Å². The topological polar surface area (TPSA) is 20.3 Å². The fourth-order valence-electron chi connectivity index (χ4n) is 1.67. The number of hydrogen-bond acceptors (Lipinski definition) is 1. The zero-order valence-corrected chi connectivity index (χ0v) is 9.62. The van der Waals surface area contributed by atoms with Gasteiger partial charge in [0.1, 0.15) is 4.32 Å². The first-order valence-electron chi connectivity index (χ1n) is 4.62. The molecule has 0 N–H and O–H groups in total. The second-order valence-corrected chi connectivity index (χ2v) is 5.59. The third kappa shape index (κ3) is 1.69. The summed E-state index contributed by atoms with van der Waals surface area (Å²) in [6.07, 6.45) is 0. The number of β-lactam (4-membered cyclic amide) rings is 1. The Morgan fingerprint density at radius 3 is 2.57 bits per heavy atom. The Morgan fingerprint density at radius 2 is 2.07 bits per heavy atom. The average Bonchev–Trinajstić information content (AvgIpc) is 2.18. The molecule has 1 atom stereocenters. The third-order valence-corrected chi connectivity index (χ3v) is 3.03. The monoisotopic (exact) mass is 253 g/mol. The molecule has 1 unspecified atom stereocenters. The Kier molecular flexibility index (Phi) is 2.35. The molecule has 74 valence electrons. The summed E-state index contributed by atoms with van der Waals surface area (Å²) < 4.78 is -0.318. The van der Waals surface area contributed by atoms with Gasteiger partial charge in [-0.3, -0.25) is 4.79 Å². The molecule has 14 heavy (non-hydrogen) atoms. The summed E-state index contributed by atoms with van der Waals surface area (Å²) >= 11 is 3.39. The molecule has 1 aliphatic rings.